The summed E-state index contributed by atoms with van der Waals surface area (Å²) < 4.78 is 2.50. The van der Waals surface area contributed by atoms with E-state index in [0.717, 1.165) is 20.9 Å². The molecule has 3 rings (SSSR count). The van der Waals surface area contributed by atoms with Gasteiger partial charge in [-0.3, -0.25) is 0 Å². The van der Waals surface area contributed by atoms with Crippen molar-refractivity contribution in [2.75, 3.05) is 0 Å². The van der Waals surface area contributed by atoms with E-state index in [2.05, 4.69) is 26.1 Å². The second-order valence-corrected chi connectivity index (χ2v) is 4.50. The van der Waals surface area contributed by atoms with Crippen LogP contribution in [0.4, 0.5) is 0 Å². The Morgan fingerprint density at radius 3 is 2.59 bits per heavy atom. The van der Waals surface area contributed by atoms with Crippen LogP contribution in [0.1, 0.15) is 0 Å². The van der Waals surface area contributed by atoms with Gasteiger partial charge in [0.1, 0.15) is 6.33 Å². The van der Waals surface area contributed by atoms with E-state index in [-0.39, 0.29) is 5.69 Å². The van der Waals surface area contributed by atoms with E-state index < -0.39 is 0 Å². The van der Waals surface area contributed by atoms with Gasteiger partial charge in [-0.2, -0.15) is 5.10 Å². The Morgan fingerprint density at radius 2 is 1.88 bits per heavy atom. The molecule has 17 heavy (non-hydrogen) atoms. The summed E-state index contributed by atoms with van der Waals surface area (Å²) in [6.07, 6.45) is 1.48. The molecule has 84 valence electrons. The van der Waals surface area contributed by atoms with Crippen LogP contribution in [0.25, 0.3) is 16.5 Å². The molecule has 0 atom stereocenters. The van der Waals surface area contributed by atoms with Gasteiger partial charge in [0.05, 0.1) is 5.69 Å². The second-order valence-electron chi connectivity index (χ2n) is 3.64. The van der Waals surface area contributed by atoms with E-state index in [1.54, 1.807) is 0 Å². The fourth-order valence-electron chi connectivity index (χ4n) is 1.88. The first-order valence-electron chi connectivity index (χ1n) is 5.07. The number of rotatable bonds is 1. The largest absolute Gasteiger partial charge is 0.347 e. The molecule has 1 N–H and O–H groups in total. The van der Waals surface area contributed by atoms with Gasteiger partial charge in [-0.1, -0.05) is 40.2 Å². The van der Waals surface area contributed by atoms with E-state index in [1.165, 1.54) is 10.9 Å². The number of aromatic nitrogens is 3. The molecule has 1 aromatic heterocycles. The molecule has 1 heterocycles. The maximum absolute atomic E-state index is 11.6. The third kappa shape index (κ3) is 1.59. The maximum atomic E-state index is 11.6. The van der Waals surface area contributed by atoms with Crippen molar-refractivity contribution >= 4 is 26.7 Å². The van der Waals surface area contributed by atoms with Gasteiger partial charge in [-0.05, 0) is 17.5 Å². The van der Waals surface area contributed by atoms with Gasteiger partial charge in [0.25, 0.3) is 0 Å². The van der Waals surface area contributed by atoms with Crippen molar-refractivity contribution in [1.29, 1.82) is 0 Å². The molecule has 0 aliphatic heterocycles. The number of fused-ring (bicyclic) bond motifs is 1. The zero-order valence-corrected chi connectivity index (χ0v) is 10.3. The van der Waals surface area contributed by atoms with Gasteiger partial charge in [-0.15, -0.1) is 0 Å². The van der Waals surface area contributed by atoms with Crippen molar-refractivity contribution in [3.05, 3.63) is 57.7 Å². The number of hydrogen-bond acceptors (Lipinski definition) is 2. The van der Waals surface area contributed by atoms with Crippen LogP contribution in [-0.4, -0.2) is 14.8 Å². The van der Waals surface area contributed by atoms with Gasteiger partial charge in [0, 0.05) is 9.86 Å². The molecule has 0 saturated carbocycles. The molecule has 5 heteroatoms. The van der Waals surface area contributed by atoms with Crippen LogP contribution in [0.3, 0.4) is 0 Å². The number of halogens is 1. The van der Waals surface area contributed by atoms with Gasteiger partial charge < -0.3 is 0 Å². The first-order valence-corrected chi connectivity index (χ1v) is 5.86. The predicted octanol–water partition coefficient (Wildman–Crippen LogP) is 2.48. The molecule has 0 aliphatic rings. The van der Waals surface area contributed by atoms with Crippen LogP contribution in [0, 0.1) is 0 Å². The minimum atomic E-state index is -0.238. The van der Waals surface area contributed by atoms with Crippen LogP contribution in [-0.2, 0) is 0 Å². The Labute approximate surface area is 105 Å². The highest BCUT2D eigenvalue weighted by Gasteiger charge is 2.07. The van der Waals surface area contributed by atoms with Crippen molar-refractivity contribution in [2.45, 2.75) is 0 Å². The molecule has 0 radical (unpaired) electrons. The molecular weight excluding hydrogens is 282 g/mol. The summed E-state index contributed by atoms with van der Waals surface area (Å²) in [5, 5.41) is 8.21. The highest BCUT2D eigenvalue weighted by atomic mass is 79.9. The number of benzene rings is 2. The summed E-state index contributed by atoms with van der Waals surface area (Å²) in [5.74, 6) is 0. The third-order valence-electron chi connectivity index (χ3n) is 2.66. The van der Waals surface area contributed by atoms with Crippen molar-refractivity contribution in [3.63, 3.8) is 0 Å². The number of aromatic amines is 1. The average molecular weight is 290 g/mol. The van der Waals surface area contributed by atoms with E-state index in [4.69, 9.17) is 0 Å². The Bertz CT molecular complexity index is 745. The van der Waals surface area contributed by atoms with Crippen molar-refractivity contribution < 1.29 is 0 Å². The lowest BCUT2D eigenvalue weighted by atomic mass is 10.1. The molecule has 4 nitrogen and oxygen atoms in total. The van der Waals surface area contributed by atoms with E-state index >= 15 is 0 Å². The molecular formula is C12H8BrN3O. The molecule has 0 bridgehead atoms. The number of H-pyrrole nitrogens is 1. The zero-order valence-electron chi connectivity index (χ0n) is 8.72. The molecule has 3 aromatic rings. The molecule has 0 fully saturated rings. The van der Waals surface area contributed by atoms with E-state index in [9.17, 15) is 4.79 Å². The van der Waals surface area contributed by atoms with Crippen LogP contribution >= 0.6 is 15.9 Å². The van der Waals surface area contributed by atoms with Crippen molar-refractivity contribution in [1.82, 2.24) is 14.8 Å². The third-order valence-corrected chi connectivity index (χ3v) is 3.35. The van der Waals surface area contributed by atoms with Crippen LogP contribution in [0.15, 0.2) is 52.0 Å². The Morgan fingerprint density at radius 1 is 1.12 bits per heavy atom. The fourth-order valence-corrected chi connectivity index (χ4v) is 2.35. The summed E-state index contributed by atoms with van der Waals surface area (Å²) in [6.45, 7) is 0. The highest BCUT2D eigenvalue weighted by molar-refractivity contribution is 9.10. The molecule has 0 spiro atoms. The predicted molar refractivity (Wildman–Crippen MR) is 69.4 cm³/mol. The van der Waals surface area contributed by atoms with Gasteiger partial charge in [0.15, 0.2) is 0 Å². The normalized spacial score (nSPS) is 10.9. The zero-order chi connectivity index (χ0) is 11.8. The van der Waals surface area contributed by atoms with Crippen LogP contribution < -0.4 is 5.69 Å². The summed E-state index contributed by atoms with van der Waals surface area (Å²) >= 11 is 3.50. The molecule has 0 amide bonds. The quantitative estimate of drug-likeness (QED) is 0.748. The number of nitrogens with zero attached hydrogens (tertiary/aromatic N) is 2. The molecule has 0 saturated heterocycles. The van der Waals surface area contributed by atoms with Gasteiger partial charge in [-0.25, -0.2) is 14.5 Å². The lowest BCUT2D eigenvalue weighted by Gasteiger charge is -2.07. The topological polar surface area (TPSA) is 50.7 Å². The first-order chi connectivity index (χ1) is 8.27. The van der Waals surface area contributed by atoms with Gasteiger partial charge in [0.2, 0.25) is 0 Å². The summed E-state index contributed by atoms with van der Waals surface area (Å²) in [6, 6.07) is 11.7. The Hall–Kier alpha value is -1.88. The maximum Gasteiger partial charge on any atom is 0.347 e. The molecule has 0 aliphatic carbocycles. The minimum Gasteiger partial charge on any atom is -0.249 e. The number of hydrogen-bond donors (Lipinski definition) is 1. The summed E-state index contributed by atoms with van der Waals surface area (Å²) in [5.41, 5.74) is 0.583. The highest BCUT2D eigenvalue weighted by Crippen LogP contribution is 2.28. The fraction of sp³-hybridized carbons (Fsp3) is 0. The second kappa shape index (κ2) is 3.85. The lowest BCUT2D eigenvalue weighted by molar-refractivity contribution is 0.990. The standard InChI is InChI=1S/C12H8BrN3O/c13-10-5-6-11(16-7-14-15-12(16)17)9-4-2-1-3-8(9)10/h1-7H,(H,15,17). The molecule has 0 unspecified atom stereocenters. The molecule has 2 aromatic carbocycles. The minimum absolute atomic E-state index is 0.238. The lowest BCUT2D eigenvalue weighted by Crippen LogP contribution is -2.14. The van der Waals surface area contributed by atoms with Gasteiger partial charge >= 0.3 is 5.69 Å². The monoisotopic (exact) mass is 289 g/mol. The Kier molecular flexibility index (Phi) is 2.33. The van der Waals surface area contributed by atoms with Crippen molar-refractivity contribution in [2.24, 2.45) is 0 Å². The SMILES string of the molecule is O=c1[nH]ncn1-c1ccc(Br)c2ccccc12. The smallest absolute Gasteiger partial charge is 0.249 e. The van der Waals surface area contributed by atoms with Crippen LogP contribution in [0.5, 0.6) is 0 Å². The average Bonchev–Trinajstić information content (AvgIpc) is 2.77. The number of nitrogens with one attached hydrogen (secondary N) is 1. The summed E-state index contributed by atoms with van der Waals surface area (Å²) in [7, 11) is 0. The van der Waals surface area contributed by atoms with Crippen LogP contribution in [0.2, 0.25) is 0 Å². The van der Waals surface area contributed by atoms with E-state index in [0.29, 0.717) is 0 Å². The van der Waals surface area contributed by atoms with Crippen molar-refractivity contribution in [3.8, 4) is 5.69 Å². The summed E-state index contributed by atoms with van der Waals surface area (Å²) in [4.78, 5) is 11.6. The van der Waals surface area contributed by atoms with E-state index in [1.807, 2.05) is 36.4 Å². The first kappa shape index (κ1) is 10.3. The Balaban J connectivity index is 2.43.